The Morgan fingerprint density at radius 3 is 2.88 bits per heavy atom. The van der Waals surface area contributed by atoms with E-state index in [1.165, 1.54) is 25.8 Å². The van der Waals surface area contributed by atoms with Crippen molar-refractivity contribution >= 4 is 29.9 Å². The minimum absolute atomic E-state index is 0. The van der Waals surface area contributed by atoms with Gasteiger partial charge in [-0.25, -0.2) is 0 Å². The molecule has 2 atom stereocenters. The van der Waals surface area contributed by atoms with Crippen LogP contribution in [0.5, 0.6) is 0 Å². The van der Waals surface area contributed by atoms with Gasteiger partial charge in [0.25, 0.3) is 0 Å². The summed E-state index contributed by atoms with van der Waals surface area (Å²) in [5.41, 5.74) is 0. The standard InChI is InChI=1S/C18H36N4O2.HI/c1-3-22-10-5-4-7-17(22)13-21-18(19-2)20-9-6-11-23-14-16-8-12-24-15-16;/h16-17H,3-15H2,1-2H3,(H2,19,20,21);1H. The fraction of sp³-hybridized carbons (Fsp3) is 0.944. The highest BCUT2D eigenvalue weighted by atomic mass is 127. The third kappa shape index (κ3) is 8.88. The van der Waals surface area contributed by atoms with Gasteiger partial charge in [0.2, 0.25) is 0 Å². The maximum absolute atomic E-state index is 5.73. The molecular formula is C18H37IN4O2. The van der Waals surface area contributed by atoms with Gasteiger partial charge in [-0.2, -0.15) is 0 Å². The van der Waals surface area contributed by atoms with E-state index in [2.05, 4.69) is 27.4 Å². The van der Waals surface area contributed by atoms with Crippen molar-refractivity contribution in [3.8, 4) is 0 Å². The number of piperidine rings is 1. The van der Waals surface area contributed by atoms with Gasteiger partial charge in [0.1, 0.15) is 0 Å². The number of nitrogens with zero attached hydrogens (tertiary/aromatic N) is 2. The zero-order valence-electron chi connectivity index (χ0n) is 16.0. The van der Waals surface area contributed by atoms with Crippen molar-refractivity contribution < 1.29 is 9.47 Å². The molecule has 0 aromatic heterocycles. The fourth-order valence-electron chi connectivity index (χ4n) is 3.49. The molecule has 2 fully saturated rings. The van der Waals surface area contributed by atoms with Crippen LogP contribution in [-0.4, -0.2) is 76.6 Å². The monoisotopic (exact) mass is 468 g/mol. The van der Waals surface area contributed by atoms with Gasteiger partial charge in [-0.05, 0) is 38.8 Å². The molecule has 0 aliphatic carbocycles. The average molecular weight is 468 g/mol. The van der Waals surface area contributed by atoms with Crippen LogP contribution in [0.4, 0.5) is 0 Å². The highest BCUT2D eigenvalue weighted by Crippen LogP contribution is 2.15. The molecule has 2 aliphatic heterocycles. The van der Waals surface area contributed by atoms with Gasteiger partial charge in [-0.15, -0.1) is 24.0 Å². The third-order valence-corrected chi connectivity index (χ3v) is 5.02. The summed E-state index contributed by atoms with van der Waals surface area (Å²) in [5.74, 6) is 1.50. The molecular weight excluding hydrogens is 431 g/mol. The Balaban J connectivity index is 0.00000312. The van der Waals surface area contributed by atoms with Crippen molar-refractivity contribution in [2.75, 3.05) is 59.7 Å². The molecule has 148 valence electrons. The zero-order chi connectivity index (χ0) is 17.0. The molecule has 0 spiro atoms. The molecule has 6 nitrogen and oxygen atoms in total. The highest BCUT2D eigenvalue weighted by molar-refractivity contribution is 14.0. The predicted molar refractivity (Wildman–Crippen MR) is 114 cm³/mol. The van der Waals surface area contributed by atoms with E-state index in [1.54, 1.807) is 0 Å². The van der Waals surface area contributed by atoms with Gasteiger partial charge in [-0.3, -0.25) is 9.89 Å². The lowest BCUT2D eigenvalue weighted by atomic mass is 10.0. The first-order chi connectivity index (χ1) is 11.8. The van der Waals surface area contributed by atoms with E-state index in [-0.39, 0.29) is 24.0 Å². The SMILES string of the molecule is CCN1CCCCC1CNC(=NC)NCCCOCC1CCOC1.I. The number of nitrogens with one attached hydrogen (secondary N) is 2. The van der Waals surface area contributed by atoms with Crippen molar-refractivity contribution in [2.24, 2.45) is 10.9 Å². The molecule has 0 amide bonds. The number of guanidine groups is 1. The first-order valence-corrected chi connectivity index (χ1v) is 9.67. The van der Waals surface area contributed by atoms with Crippen LogP contribution in [0.2, 0.25) is 0 Å². The second-order valence-electron chi connectivity index (χ2n) is 6.82. The summed E-state index contributed by atoms with van der Waals surface area (Å²) in [6.07, 6.45) is 6.11. The maximum Gasteiger partial charge on any atom is 0.191 e. The van der Waals surface area contributed by atoms with E-state index < -0.39 is 0 Å². The number of hydrogen-bond acceptors (Lipinski definition) is 4. The predicted octanol–water partition coefficient (Wildman–Crippen LogP) is 2.09. The Labute approximate surface area is 170 Å². The number of rotatable bonds is 9. The molecule has 25 heavy (non-hydrogen) atoms. The number of likely N-dealkylation sites (N-methyl/N-ethyl adjacent to an activating group) is 1. The van der Waals surface area contributed by atoms with Crippen molar-refractivity contribution in [1.82, 2.24) is 15.5 Å². The topological polar surface area (TPSA) is 58.1 Å². The molecule has 2 saturated heterocycles. The van der Waals surface area contributed by atoms with Crippen LogP contribution in [0.1, 0.15) is 39.0 Å². The smallest absolute Gasteiger partial charge is 0.191 e. The molecule has 2 rings (SSSR count). The van der Waals surface area contributed by atoms with Crippen molar-refractivity contribution in [3.05, 3.63) is 0 Å². The Morgan fingerprint density at radius 2 is 2.16 bits per heavy atom. The van der Waals surface area contributed by atoms with Crippen LogP contribution in [-0.2, 0) is 9.47 Å². The van der Waals surface area contributed by atoms with Crippen LogP contribution >= 0.6 is 24.0 Å². The molecule has 2 aliphatic rings. The summed E-state index contributed by atoms with van der Waals surface area (Å²) in [7, 11) is 1.84. The molecule has 2 heterocycles. The van der Waals surface area contributed by atoms with E-state index in [4.69, 9.17) is 9.47 Å². The second kappa shape index (κ2) is 14.0. The average Bonchev–Trinajstić information content (AvgIpc) is 3.14. The Hall–Kier alpha value is -0.120. The Bertz CT molecular complexity index is 365. The van der Waals surface area contributed by atoms with Crippen molar-refractivity contribution in [1.29, 1.82) is 0 Å². The zero-order valence-corrected chi connectivity index (χ0v) is 18.3. The summed E-state index contributed by atoms with van der Waals surface area (Å²) in [6, 6.07) is 0.638. The number of ether oxygens (including phenoxy) is 2. The first kappa shape index (κ1) is 22.9. The Morgan fingerprint density at radius 1 is 1.28 bits per heavy atom. The summed E-state index contributed by atoms with van der Waals surface area (Å²) < 4.78 is 11.1. The van der Waals surface area contributed by atoms with E-state index in [1.807, 2.05) is 7.05 Å². The number of hydrogen-bond donors (Lipinski definition) is 2. The molecule has 0 aromatic carbocycles. The molecule has 0 aromatic rings. The minimum atomic E-state index is 0. The van der Waals surface area contributed by atoms with E-state index in [9.17, 15) is 0 Å². The lowest BCUT2D eigenvalue weighted by Gasteiger charge is -2.35. The molecule has 0 bridgehead atoms. The Kier molecular flexibility index (Phi) is 12.8. The fourth-order valence-corrected chi connectivity index (χ4v) is 3.49. The number of halogens is 1. The summed E-state index contributed by atoms with van der Waals surface area (Å²) in [6.45, 7) is 9.89. The second-order valence-corrected chi connectivity index (χ2v) is 6.82. The number of likely N-dealkylation sites (tertiary alicyclic amines) is 1. The molecule has 2 N–H and O–H groups in total. The van der Waals surface area contributed by atoms with Gasteiger partial charge in [-0.1, -0.05) is 13.3 Å². The van der Waals surface area contributed by atoms with Crippen LogP contribution in [0.15, 0.2) is 4.99 Å². The van der Waals surface area contributed by atoms with E-state index >= 15 is 0 Å². The van der Waals surface area contributed by atoms with Gasteiger partial charge >= 0.3 is 0 Å². The molecule has 2 unspecified atom stereocenters. The maximum atomic E-state index is 5.73. The summed E-state index contributed by atoms with van der Waals surface area (Å²) in [5, 5.41) is 6.86. The van der Waals surface area contributed by atoms with Gasteiger partial charge in [0.15, 0.2) is 5.96 Å². The third-order valence-electron chi connectivity index (χ3n) is 5.02. The summed E-state index contributed by atoms with van der Waals surface area (Å²) >= 11 is 0. The van der Waals surface area contributed by atoms with Gasteiger partial charge in [0.05, 0.1) is 13.2 Å². The molecule has 0 radical (unpaired) electrons. The lowest BCUT2D eigenvalue weighted by Crippen LogP contribution is -2.49. The van der Waals surface area contributed by atoms with Crippen LogP contribution in [0, 0.1) is 5.92 Å². The van der Waals surface area contributed by atoms with Gasteiger partial charge < -0.3 is 20.1 Å². The van der Waals surface area contributed by atoms with Crippen molar-refractivity contribution in [3.63, 3.8) is 0 Å². The minimum Gasteiger partial charge on any atom is -0.381 e. The normalized spacial score (nSPS) is 24.8. The lowest BCUT2D eigenvalue weighted by molar-refractivity contribution is 0.0888. The summed E-state index contributed by atoms with van der Waals surface area (Å²) in [4.78, 5) is 6.90. The molecule has 0 saturated carbocycles. The number of aliphatic imine (C=N–C) groups is 1. The van der Waals surface area contributed by atoms with Gasteiger partial charge in [0, 0.05) is 45.3 Å². The van der Waals surface area contributed by atoms with Crippen LogP contribution in [0.25, 0.3) is 0 Å². The van der Waals surface area contributed by atoms with E-state index in [0.29, 0.717) is 12.0 Å². The van der Waals surface area contributed by atoms with E-state index in [0.717, 1.165) is 64.9 Å². The van der Waals surface area contributed by atoms with Crippen LogP contribution in [0.3, 0.4) is 0 Å². The molecule has 7 heteroatoms. The first-order valence-electron chi connectivity index (χ1n) is 9.67. The highest BCUT2D eigenvalue weighted by Gasteiger charge is 2.20. The largest absolute Gasteiger partial charge is 0.381 e. The van der Waals surface area contributed by atoms with Crippen LogP contribution < -0.4 is 10.6 Å². The quantitative estimate of drug-likeness (QED) is 0.235. The van der Waals surface area contributed by atoms with Crippen molar-refractivity contribution in [2.45, 2.75) is 45.1 Å².